The van der Waals surface area contributed by atoms with Crippen LogP contribution in [0.4, 0.5) is 10.1 Å². The minimum Gasteiger partial charge on any atom is -0.508 e. The fraction of sp³-hybridized carbons (Fsp3) is 0.231. The summed E-state index contributed by atoms with van der Waals surface area (Å²) in [5.41, 5.74) is 3.01. The van der Waals surface area contributed by atoms with Crippen molar-refractivity contribution >= 4 is 17.5 Å². The Morgan fingerprint density at radius 3 is 2.48 bits per heavy atom. The maximum atomic E-state index is 13.2. The third kappa shape index (κ3) is 4.53. The predicted molar refractivity (Wildman–Crippen MR) is 123 cm³/mol. The molecule has 0 aliphatic carbocycles. The standard InChI is InChI=1S/C26H25FN2O4/c1-16-3-6-18-13-19(25(32)28(2)15-17-4-8-20(27)9-5-17)7-12-23(18)29(16)26(33)22-11-10-21(30)14-24(22)31/h4-5,7-14,16,30-31H,3,6,15H2,1-2H3/t16-/m0/s1. The van der Waals surface area contributed by atoms with E-state index < -0.39 is 0 Å². The van der Waals surface area contributed by atoms with Gasteiger partial charge in [0.2, 0.25) is 0 Å². The van der Waals surface area contributed by atoms with E-state index in [1.807, 2.05) is 13.0 Å². The van der Waals surface area contributed by atoms with Crippen LogP contribution in [0.5, 0.6) is 11.5 Å². The summed E-state index contributed by atoms with van der Waals surface area (Å²) in [6, 6.07) is 15.1. The van der Waals surface area contributed by atoms with Crippen LogP contribution in [0.15, 0.2) is 60.7 Å². The van der Waals surface area contributed by atoms with Gasteiger partial charge in [0, 0.05) is 37.0 Å². The zero-order valence-corrected chi connectivity index (χ0v) is 18.5. The van der Waals surface area contributed by atoms with Gasteiger partial charge in [-0.1, -0.05) is 12.1 Å². The fourth-order valence-corrected chi connectivity index (χ4v) is 4.18. The normalized spacial score (nSPS) is 15.1. The van der Waals surface area contributed by atoms with Gasteiger partial charge in [-0.05, 0) is 73.4 Å². The van der Waals surface area contributed by atoms with Crippen molar-refractivity contribution < 1.29 is 24.2 Å². The van der Waals surface area contributed by atoms with E-state index >= 15 is 0 Å². The molecule has 33 heavy (non-hydrogen) atoms. The van der Waals surface area contributed by atoms with Crippen LogP contribution in [-0.4, -0.2) is 40.0 Å². The highest BCUT2D eigenvalue weighted by Crippen LogP contribution is 2.35. The first-order valence-corrected chi connectivity index (χ1v) is 10.7. The molecule has 0 spiro atoms. The zero-order chi connectivity index (χ0) is 23.7. The molecular formula is C26H25FN2O4. The van der Waals surface area contributed by atoms with Crippen molar-refractivity contribution in [3.63, 3.8) is 0 Å². The van der Waals surface area contributed by atoms with E-state index in [1.54, 1.807) is 41.1 Å². The molecule has 4 rings (SSSR count). The quantitative estimate of drug-likeness (QED) is 0.616. The molecule has 1 atom stereocenters. The lowest BCUT2D eigenvalue weighted by molar-refractivity contribution is 0.0785. The van der Waals surface area contributed by atoms with E-state index in [-0.39, 0.29) is 40.7 Å². The second-order valence-corrected chi connectivity index (χ2v) is 8.40. The number of nitrogens with zero attached hydrogens (tertiary/aromatic N) is 2. The van der Waals surface area contributed by atoms with Gasteiger partial charge in [0.15, 0.2) is 0 Å². The van der Waals surface area contributed by atoms with Gasteiger partial charge < -0.3 is 20.0 Å². The molecule has 0 fully saturated rings. The first-order valence-electron chi connectivity index (χ1n) is 10.7. The Kier molecular flexibility index (Phi) is 6.05. The Labute approximate surface area is 191 Å². The smallest absolute Gasteiger partial charge is 0.262 e. The van der Waals surface area contributed by atoms with Crippen molar-refractivity contribution in [3.05, 3.63) is 88.7 Å². The van der Waals surface area contributed by atoms with E-state index in [4.69, 9.17) is 0 Å². The Morgan fingerprint density at radius 1 is 1.06 bits per heavy atom. The van der Waals surface area contributed by atoms with E-state index in [0.717, 1.165) is 17.2 Å². The summed E-state index contributed by atoms with van der Waals surface area (Å²) < 4.78 is 13.1. The number of hydrogen-bond donors (Lipinski definition) is 2. The largest absolute Gasteiger partial charge is 0.508 e. The number of anilines is 1. The summed E-state index contributed by atoms with van der Waals surface area (Å²) in [6.45, 7) is 2.28. The summed E-state index contributed by atoms with van der Waals surface area (Å²) in [4.78, 5) is 29.4. The molecule has 0 saturated carbocycles. The van der Waals surface area contributed by atoms with Crippen molar-refractivity contribution in [2.75, 3.05) is 11.9 Å². The molecule has 0 unspecified atom stereocenters. The number of carbonyl (C=O) groups excluding carboxylic acids is 2. The SMILES string of the molecule is C[C@H]1CCc2cc(C(=O)N(C)Cc3ccc(F)cc3)ccc2N1C(=O)c1ccc(O)cc1O. The molecule has 2 amide bonds. The Bertz CT molecular complexity index is 1210. The zero-order valence-electron chi connectivity index (χ0n) is 18.5. The molecule has 0 aromatic heterocycles. The van der Waals surface area contributed by atoms with Crippen LogP contribution in [0, 0.1) is 5.82 Å². The number of aryl methyl sites for hydroxylation is 1. The summed E-state index contributed by atoms with van der Waals surface area (Å²) in [7, 11) is 1.69. The van der Waals surface area contributed by atoms with Gasteiger partial charge in [0.1, 0.15) is 17.3 Å². The number of amides is 2. The van der Waals surface area contributed by atoms with Gasteiger partial charge in [0.25, 0.3) is 11.8 Å². The molecule has 2 N–H and O–H groups in total. The van der Waals surface area contributed by atoms with Crippen LogP contribution >= 0.6 is 0 Å². The number of phenolic OH excluding ortho intramolecular Hbond substituents is 2. The van der Waals surface area contributed by atoms with Crippen LogP contribution in [0.25, 0.3) is 0 Å². The lowest BCUT2D eigenvalue weighted by atomic mass is 9.93. The highest BCUT2D eigenvalue weighted by atomic mass is 19.1. The van der Waals surface area contributed by atoms with Gasteiger partial charge in [-0.25, -0.2) is 4.39 Å². The first-order chi connectivity index (χ1) is 15.7. The van der Waals surface area contributed by atoms with Gasteiger partial charge in [0.05, 0.1) is 5.56 Å². The second kappa shape index (κ2) is 8.94. The number of benzene rings is 3. The molecule has 0 bridgehead atoms. The van der Waals surface area contributed by atoms with Crippen LogP contribution in [0.2, 0.25) is 0 Å². The second-order valence-electron chi connectivity index (χ2n) is 8.40. The van der Waals surface area contributed by atoms with Crippen LogP contribution in [0.1, 0.15) is 45.2 Å². The molecule has 1 heterocycles. The van der Waals surface area contributed by atoms with E-state index in [9.17, 15) is 24.2 Å². The van der Waals surface area contributed by atoms with Crippen LogP contribution in [-0.2, 0) is 13.0 Å². The van der Waals surface area contributed by atoms with Gasteiger partial charge in [-0.3, -0.25) is 9.59 Å². The lowest BCUT2D eigenvalue weighted by Gasteiger charge is -2.36. The Balaban J connectivity index is 1.59. The number of hydrogen-bond acceptors (Lipinski definition) is 4. The number of aromatic hydroxyl groups is 2. The molecule has 0 radical (unpaired) electrons. The third-order valence-electron chi connectivity index (χ3n) is 5.97. The maximum Gasteiger partial charge on any atom is 0.262 e. The molecule has 3 aromatic rings. The number of rotatable bonds is 4. The highest BCUT2D eigenvalue weighted by Gasteiger charge is 2.31. The fourth-order valence-electron chi connectivity index (χ4n) is 4.18. The summed E-state index contributed by atoms with van der Waals surface area (Å²) in [5.74, 6) is -1.27. The van der Waals surface area contributed by atoms with Gasteiger partial charge >= 0.3 is 0 Å². The molecule has 1 aliphatic rings. The lowest BCUT2D eigenvalue weighted by Crippen LogP contribution is -2.42. The third-order valence-corrected chi connectivity index (χ3v) is 5.97. The number of halogens is 1. The van der Waals surface area contributed by atoms with E-state index in [1.165, 1.54) is 24.3 Å². The molecule has 1 aliphatic heterocycles. The average molecular weight is 448 g/mol. The summed E-state index contributed by atoms with van der Waals surface area (Å²) in [5, 5.41) is 19.7. The van der Waals surface area contributed by atoms with Gasteiger partial charge in [-0.15, -0.1) is 0 Å². The topological polar surface area (TPSA) is 81.1 Å². The highest BCUT2D eigenvalue weighted by molar-refractivity contribution is 6.09. The average Bonchev–Trinajstić information content (AvgIpc) is 2.79. The Morgan fingerprint density at radius 2 is 1.79 bits per heavy atom. The van der Waals surface area contributed by atoms with Crippen molar-refractivity contribution in [2.24, 2.45) is 0 Å². The molecule has 6 nitrogen and oxygen atoms in total. The first kappa shape index (κ1) is 22.3. The minimum absolute atomic E-state index is 0.0964. The predicted octanol–water partition coefficient (Wildman–Crippen LogP) is 4.49. The Hall–Kier alpha value is -3.87. The van der Waals surface area contributed by atoms with Crippen molar-refractivity contribution in [3.8, 4) is 11.5 Å². The van der Waals surface area contributed by atoms with Crippen molar-refractivity contribution in [1.82, 2.24) is 4.90 Å². The minimum atomic E-state index is -0.367. The molecule has 3 aromatic carbocycles. The molecule has 7 heteroatoms. The van der Waals surface area contributed by atoms with Crippen LogP contribution in [0.3, 0.4) is 0 Å². The molecule has 0 saturated heterocycles. The number of fused-ring (bicyclic) bond motifs is 1. The molecule has 170 valence electrons. The van der Waals surface area contributed by atoms with E-state index in [0.29, 0.717) is 30.6 Å². The van der Waals surface area contributed by atoms with Crippen molar-refractivity contribution in [1.29, 1.82) is 0 Å². The van der Waals surface area contributed by atoms with Crippen LogP contribution < -0.4 is 4.90 Å². The number of carbonyl (C=O) groups is 2. The maximum absolute atomic E-state index is 13.2. The van der Waals surface area contributed by atoms with Gasteiger partial charge in [-0.2, -0.15) is 0 Å². The van der Waals surface area contributed by atoms with Crippen molar-refractivity contribution in [2.45, 2.75) is 32.4 Å². The summed E-state index contributed by atoms with van der Waals surface area (Å²) >= 11 is 0. The van der Waals surface area contributed by atoms with E-state index in [2.05, 4.69) is 0 Å². The number of phenols is 2. The monoisotopic (exact) mass is 448 g/mol. The molecular weight excluding hydrogens is 423 g/mol. The summed E-state index contributed by atoms with van der Waals surface area (Å²) in [6.07, 6.45) is 1.42.